The first kappa shape index (κ1) is 38.9. The van der Waals surface area contributed by atoms with Gasteiger partial charge in [0.2, 0.25) is 0 Å². The van der Waals surface area contributed by atoms with E-state index in [4.69, 9.17) is 0 Å². The molecule has 0 amide bonds. The number of nitrogens with zero attached hydrogens (tertiary/aromatic N) is 2. The number of hydrogen-bond acceptors (Lipinski definition) is 1. The van der Waals surface area contributed by atoms with Crippen molar-refractivity contribution in [2.75, 3.05) is 4.90 Å². The summed E-state index contributed by atoms with van der Waals surface area (Å²) in [6.07, 6.45) is 0. The smallest absolute Gasteiger partial charge is 0.0547 e. The van der Waals surface area contributed by atoms with Crippen molar-refractivity contribution < 1.29 is 0 Å². The standard InChI is InChI=1S/C64H44N2/c1-4-17-45(18-5-1)52-41-53(46-19-6-2-7-20-46)44-57(43-52)65(55-39-37-48(38-40-55)47-33-35-50(36-34-47)59-29-15-22-49-21-10-11-27-58(49)59)56-26-14-23-51(42-56)60-30-16-32-63-64(60)61-28-12-13-31-62(61)66(63)54-24-8-3-9-25-54/h1-44H. The van der Waals surface area contributed by atoms with E-state index in [1.165, 1.54) is 71.5 Å². The van der Waals surface area contributed by atoms with E-state index in [1.807, 2.05) is 0 Å². The molecule has 0 aliphatic rings. The van der Waals surface area contributed by atoms with E-state index in [0.717, 1.165) is 39.4 Å². The maximum atomic E-state index is 2.42. The van der Waals surface area contributed by atoms with E-state index in [0.29, 0.717) is 0 Å². The summed E-state index contributed by atoms with van der Waals surface area (Å²) < 4.78 is 2.39. The lowest BCUT2D eigenvalue weighted by molar-refractivity contribution is 1.18. The molecular formula is C64H44N2. The first-order chi connectivity index (χ1) is 32.7. The molecule has 0 radical (unpaired) electrons. The monoisotopic (exact) mass is 840 g/mol. The molecule has 0 saturated carbocycles. The SMILES string of the molecule is c1ccc(-c2cc(-c3ccccc3)cc(N(c3ccc(-c4ccc(-c5cccc6ccccc56)cc4)cc3)c3cccc(-c4cccc5c4c4ccccc4n5-c4ccccc4)c3)c2)cc1. The van der Waals surface area contributed by atoms with Crippen LogP contribution >= 0.6 is 0 Å². The lowest BCUT2D eigenvalue weighted by atomic mass is 9.95. The summed E-state index contributed by atoms with van der Waals surface area (Å²) in [5.41, 5.74) is 18.6. The Morgan fingerprint density at radius 1 is 0.258 bits per heavy atom. The Bertz CT molecular complexity index is 3600. The van der Waals surface area contributed by atoms with Gasteiger partial charge in [-0.15, -0.1) is 0 Å². The topological polar surface area (TPSA) is 8.17 Å². The molecule has 1 heterocycles. The van der Waals surface area contributed by atoms with Crippen LogP contribution in [0, 0.1) is 0 Å². The predicted octanol–water partition coefficient (Wildman–Crippen LogP) is 17.7. The van der Waals surface area contributed by atoms with Crippen LogP contribution < -0.4 is 4.90 Å². The maximum absolute atomic E-state index is 2.42. The summed E-state index contributed by atoms with van der Waals surface area (Å²) in [5.74, 6) is 0. The van der Waals surface area contributed by atoms with Crippen LogP contribution in [0.1, 0.15) is 0 Å². The van der Waals surface area contributed by atoms with Crippen molar-refractivity contribution in [2.45, 2.75) is 0 Å². The van der Waals surface area contributed by atoms with E-state index in [-0.39, 0.29) is 0 Å². The Morgan fingerprint density at radius 2 is 0.742 bits per heavy atom. The Kier molecular flexibility index (Phi) is 9.89. The number of fused-ring (bicyclic) bond motifs is 4. The number of anilines is 3. The summed E-state index contributed by atoms with van der Waals surface area (Å²) in [4.78, 5) is 2.42. The molecule has 12 rings (SSSR count). The average Bonchev–Trinajstić information content (AvgIpc) is 3.74. The molecule has 0 saturated heterocycles. The molecule has 1 aromatic heterocycles. The number of rotatable bonds is 9. The molecule has 12 aromatic rings. The third kappa shape index (κ3) is 7.12. The zero-order chi connectivity index (χ0) is 43.8. The fourth-order valence-electron chi connectivity index (χ4n) is 9.83. The third-order valence-electron chi connectivity index (χ3n) is 13.0. The first-order valence-corrected chi connectivity index (χ1v) is 22.7. The summed E-state index contributed by atoms with van der Waals surface area (Å²) in [6, 6.07) is 96.9. The largest absolute Gasteiger partial charge is 0.310 e. The molecule has 0 aliphatic heterocycles. The van der Waals surface area contributed by atoms with Gasteiger partial charge in [-0.2, -0.15) is 0 Å². The van der Waals surface area contributed by atoms with Gasteiger partial charge in [0.1, 0.15) is 0 Å². The highest BCUT2D eigenvalue weighted by atomic mass is 15.1. The lowest BCUT2D eigenvalue weighted by Gasteiger charge is -2.27. The van der Waals surface area contributed by atoms with Crippen LogP contribution in [-0.4, -0.2) is 4.57 Å². The number of hydrogen-bond donors (Lipinski definition) is 0. The quantitative estimate of drug-likeness (QED) is 0.141. The van der Waals surface area contributed by atoms with Crippen molar-refractivity contribution in [3.05, 3.63) is 267 Å². The van der Waals surface area contributed by atoms with Crippen molar-refractivity contribution >= 4 is 49.6 Å². The Morgan fingerprint density at radius 3 is 1.45 bits per heavy atom. The second-order valence-corrected chi connectivity index (χ2v) is 16.9. The van der Waals surface area contributed by atoms with Gasteiger partial charge in [-0.05, 0) is 133 Å². The second-order valence-electron chi connectivity index (χ2n) is 16.9. The second kappa shape index (κ2) is 16.8. The predicted molar refractivity (Wildman–Crippen MR) is 280 cm³/mol. The summed E-state index contributed by atoms with van der Waals surface area (Å²) in [7, 11) is 0. The molecule has 0 bridgehead atoms. The summed E-state index contributed by atoms with van der Waals surface area (Å²) >= 11 is 0. The van der Waals surface area contributed by atoms with Crippen LogP contribution in [0.5, 0.6) is 0 Å². The number of para-hydroxylation sites is 2. The molecule has 0 N–H and O–H groups in total. The van der Waals surface area contributed by atoms with Crippen LogP contribution in [0.4, 0.5) is 17.1 Å². The van der Waals surface area contributed by atoms with Crippen molar-refractivity contribution in [3.8, 4) is 61.3 Å². The maximum Gasteiger partial charge on any atom is 0.0547 e. The van der Waals surface area contributed by atoms with Crippen LogP contribution in [0.15, 0.2) is 267 Å². The minimum atomic E-state index is 1.08. The van der Waals surface area contributed by atoms with Crippen LogP contribution in [0.3, 0.4) is 0 Å². The molecule has 0 unspecified atom stereocenters. The number of aromatic nitrogens is 1. The van der Waals surface area contributed by atoms with E-state index in [1.54, 1.807) is 0 Å². The molecule has 11 aromatic carbocycles. The molecule has 310 valence electrons. The highest BCUT2D eigenvalue weighted by molar-refractivity contribution is 6.16. The van der Waals surface area contributed by atoms with E-state index in [9.17, 15) is 0 Å². The van der Waals surface area contributed by atoms with Gasteiger partial charge < -0.3 is 9.47 Å². The van der Waals surface area contributed by atoms with E-state index < -0.39 is 0 Å². The van der Waals surface area contributed by atoms with Gasteiger partial charge in [0.15, 0.2) is 0 Å². The van der Waals surface area contributed by atoms with Gasteiger partial charge in [0.25, 0.3) is 0 Å². The molecule has 2 heteroatoms. The highest BCUT2D eigenvalue weighted by Crippen LogP contribution is 2.44. The summed E-state index contributed by atoms with van der Waals surface area (Å²) in [6.45, 7) is 0. The van der Waals surface area contributed by atoms with Gasteiger partial charge in [-0.3, -0.25) is 0 Å². The van der Waals surface area contributed by atoms with Crippen molar-refractivity contribution in [1.29, 1.82) is 0 Å². The molecular weight excluding hydrogens is 797 g/mol. The van der Waals surface area contributed by atoms with Gasteiger partial charge in [-0.1, -0.05) is 200 Å². The van der Waals surface area contributed by atoms with E-state index >= 15 is 0 Å². The molecule has 0 atom stereocenters. The van der Waals surface area contributed by atoms with Gasteiger partial charge in [0, 0.05) is 33.5 Å². The minimum Gasteiger partial charge on any atom is -0.310 e. The van der Waals surface area contributed by atoms with Gasteiger partial charge >= 0.3 is 0 Å². The number of benzene rings is 11. The molecule has 2 nitrogen and oxygen atoms in total. The zero-order valence-electron chi connectivity index (χ0n) is 36.3. The van der Waals surface area contributed by atoms with Gasteiger partial charge in [0.05, 0.1) is 11.0 Å². The Balaban J connectivity index is 1.00. The first-order valence-electron chi connectivity index (χ1n) is 22.7. The fourth-order valence-corrected chi connectivity index (χ4v) is 9.83. The van der Waals surface area contributed by atoms with Crippen molar-refractivity contribution in [2.24, 2.45) is 0 Å². The van der Waals surface area contributed by atoms with Gasteiger partial charge in [-0.25, -0.2) is 0 Å². The average molecular weight is 841 g/mol. The minimum absolute atomic E-state index is 1.08. The molecule has 66 heavy (non-hydrogen) atoms. The van der Waals surface area contributed by atoms with Crippen LogP contribution in [0.25, 0.3) is 93.9 Å². The van der Waals surface area contributed by atoms with Crippen LogP contribution in [0.2, 0.25) is 0 Å². The normalized spacial score (nSPS) is 11.3. The fraction of sp³-hybridized carbons (Fsp3) is 0. The van der Waals surface area contributed by atoms with Crippen molar-refractivity contribution in [1.82, 2.24) is 4.57 Å². The third-order valence-corrected chi connectivity index (χ3v) is 13.0. The zero-order valence-corrected chi connectivity index (χ0v) is 36.3. The molecule has 0 fully saturated rings. The lowest BCUT2D eigenvalue weighted by Crippen LogP contribution is -2.10. The summed E-state index contributed by atoms with van der Waals surface area (Å²) in [5, 5.41) is 5.00. The Hall–Kier alpha value is -8.72. The molecule has 0 aliphatic carbocycles. The van der Waals surface area contributed by atoms with E-state index in [2.05, 4.69) is 276 Å². The molecule has 0 spiro atoms. The van der Waals surface area contributed by atoms with Crippen molar-refractivity contribution in [3.63, 3.8) is 0 Å². The highest BCUT2D eigenvalue weighted by Gasteiger charge is 2.20. The Labute approximate surface area is 385 Å². The van der Waals surface area contributed by atoms with Crippen LogP contribution in [-0.2, 0) is 0 Å².